The Morgan fingerprint density at radius 2 is 1.86 bits per heavy atom. The van der Waals surface area contributed by atoms with Crippen molar-refractivity contribution in [2.45, 2.75) is 39.2 Å². The Morgan fingerprint density at radius 1 is 1.19 bits per heavy atom. The first kappa shape index (κ1) is 17.2. The molecule has 0 aliphatic rings. The number of hydrogen-bond donors (Lipinski definition) is 3. The maximum absolute atomic E-state index is 11.6. The normalized spacial score (nSPS) is 10.6. The molecule has 1 aromatic carbocycles. The van der Waals surface area contributed by atoms with Crippen molar-refractivity contribution in [3.63, 3.8) is 0 Å². The maximum Gasteiger partial charge on any atom is 0.238 e. The van der Waals surface area contributed by atoms with Gasteiger partial charge in [0.2, 0.25) is 5.91 Å². The summed E-state index contributed by atoms with van der Waals surface area (Å²) in [4.78, 5) is 11.6. The lowest BCUT2D eigenvalue weighted by atomic mass is 10.1. The van der Waals surface area contributed by atoms with Gasteiger partial charge in [0, 0.05) is 12.0 Å². The quantitative estimate of drug-likeness (QED) is 0.442. The number of nitrogens with one attached hydrogen (secondary N) is 3. The van der Waals surface area contributed by atoms with Gasteiger partial charge in [0.1, 0.15) is 5.75 Å². The molecule has 1 aromatic rings. The number of benzene rings is 1. The van der Waals surface area contributed by atoms with Crippen LogP contribution in [0.5, 0.6) is 5.75 Å². The van der Waals surface area contributed by atoms with Crippen LogP contribution in [0.15, 0.2) is 30.3 Å². The van der Waals surface area contributed by atoms with Crippen LogP contribution in [0.1, 0.15) is 33.6 Å². The molecular formula is C15H23N3O2S. The van der Waals surface area contributed by atoms with Crippen molar-refractivity contribution in [2.75, 3.05) is 6.61 Å². The van der Waals surface area contributed by atoms with Crippen molar-refractivity contribution < 1.29 is 9.53 Å². The van der Waals surface area contributed by atoms with Gasteiger partial charge >= 0.3 is 0 Å². The summed E-state index contributed by atoms with van der Waals surface area (Å²) in [7, 11) is 0. The number of hydrazine groups is 1. The fourth-order valence-corrected chi connectivity index (χ4v) is 1.86. The lowest BCUT2D eigenvalue weighted by molar-refractivity contribution is -0.121. The van der Waals surface area contributed by atoms with Crippen LogP contribution in [-0.2, 0) is 4.79 Å². The van der Waals surface area contributed by atoms with Gasteiger partial charge in [0.25, 0.3) is 0 Å². The van der Waals surface area contributed by atoms with Gasteiger partial charge in [-0.15, -0.1) is 0 Å². The van der Waals surface area contributed by atoms with E-state index in [2.05, 4.69) is 16.2 Å². The lowest BCUT2D eigenvalue weighted by Gasteiger charge is -2.23. The predicted octanol–water partition coefficient (Wildman–Crippen LogP) is 2.14. The van der Waals surface area contributed by atoms with E-state index in [0.717, 1.165) is 5.75 Å². The van der Waals surface area contributed by atoms with Crippen LogP contribution in [0, 0.1) is 0 Å². The van der Waals surface area contributed by atoms with Gasteiger partial charge < -0.3 is 10.1 Å². The molecule has 0 spiro atoms. The number of ether oxygens (including phenoxy) is 1. The second-order valence-electron chi connectivity index (χ2n) is 5.64. The van der Waals surface area contributed by atoms with Crippen molar-refractivity contribution in [2.24, 2.45) is 0 Å². The molecule has 6 heteroatoms. The number of carbonyl (C=O) groups excluding carboxylic acids is 1. The molecule has 0 unspecified atom stereocenters. The van der Waals surface area contributed by atoms with Crippen LogP contribution in [0.4, 0.5) is 0 Å². The zero-order valence-corrected chi connectivity index (χ0v) is 13.5. The molecule has 1 rings (SSSR count). The summed E-state index contributed by atoms with van der Waals surface area (Å²) in [6, 6.07) is 9.53. The average Bonchev–Trinajstić information content (AvgIpc) is 2.41. The van der Waals surface area contributed by atoms with Gasteiger partial charge in [-0.05, 0) is 51.5 Å². The van der Waals surface area contributed by atoms with Crippen molar-refractivity contribution in [1.29, 1.82) is 0 Å². The first-order valence-electron chi connectivity index (χ1n) is 6.92. The number of amides is 1. The zero-order chi connectivity index (χ0) is 15.7. The highest BCUT2D eigenvalue weighted by Gasteiger charge is 2.11. The summed E-state index contributed by atoms with van der Waals surface area (Å²) in [5.74, 6) is 0.691. The highest BCUT2D eigenvalue weighted by molar-refractivity contribution is 7.80. The molecule has 0 saturated carbocycles. The van der Waals surface area contributed by atoms with Crippen LogP contribution in [0.2, 0.25) is 0 Å². The molecule has 0 radical (unpaired) electrons. The van der Waals surface area contributed by atoms with Gasteiger partial charge in [-0.2, -0.15) is 0 Å². The van der Waals surface area contributed by atoms with Crippen molar-refractivity contribution in [3.05, 3.63) is 30.3 Å². The number of hydrogen-bond acceptors (Lipinski definition) is 3. The third-order valence-corrected chi connectivity index (χ3v) is 2.57. The SMILES string of the molecule is CC(C)(C)NC(=S)NNC(=O)CCCOc1ccccc1. The highest BCUT2D eigenvalue weighted by atomic mass is 32.1. The number of carbonyl (C=O) groups is 1. The number of para-hydroxylation sites is 1. The largest absolute Gasteiger partial charge is 0.494 e. The molecule has 5 nitrogen and oxygen atoms in total. The van der Waals surface area contributed by atoms with Crippen molar-refractivity contribution >= 4 is 23.2 Å². The first-order chi connectivity index (χ1) is 9.87. The zero-order valence-electron chi connectivity index (χ0n) is 12.7. The monoisotopic (exact) mass is 309 g/mol. The lowest BCUT2D eigenvalue weighted by Crippen LogP contribution is -2.52. The van der Waals surface area contributed by atoms with Crippen LogP contribution < -0.4 is 20.9 Å². The van der Waals surface area contributed by atoms with Crippen LogP contribution in [0.25, 0.3) is 0 Å². The fourth-order valence-electron chi connectivity index (χ4n) is 1.50. The van der Waals surface area contributed by atoms with E-state index >= 15 is 0 Å². The molecule has 21 heavy (non-hydrogen) atoms. The second kappa shape index (κ2) is 8.46. The molecule has 0 bridgehead atoms. The molecule has 116 valence electrons. The first-order valence-corrected chi connectivity index (χ1v) is 7.32. The Balaban J connectivity index is 2.10. The number of rotatable bonds is 5. The fraction of sp³-hybridized carbons (Fsp3) is 0.467. The van der Waals surface area contributed by atoms with Gasteiger partial charge in [0.05, 0.1) is 6.61 Å². The Morgan fingerprint density at radius 3 is 2.48 bits per heavy atom. The Hall–Kier alpha value is -1.82. The molecule has 0 atom stereocenters. The Bertz CT molecular complexity index is 458. The smallest absolute Gasteiger partial charge is 0.238 e. The van der Waals surface area contributed by atoms with Crippen molar-refractivity contribution in [1.82, 2.24) is 16.2 Å². The summed E-state index contributed by atoms with van der Waals surface area (Å²) in [5.41, 5.74) is 5.09. The predicted molar refractivity (Wildman–Crippen MR) is 87.9 cm³/mol. The summed E-state index contributed by atoms with van der Waals surface area (Å²) >= 11 is 5.06. The molecule has 0 aromatic heterocycles. The molecule has 0 aliphatic heterocycles. The van der Waals surface area contributed by atoms with E-state index in [-0.39, 0.29) is 11.4 Å². The van der Waals surface area contributed by atoms with E-state index in [9.17, 15) is 4.79 Å². The summed E-state index contributed by atoms with van der Waals surface area (Å²) < 4.78 is 5.51. The minimum absolute atomic E-state index is 0.121. The minimum Gasteiger partial charge on any atom is -0.494 e. The molecule has 3 N–H and O–H groups in total. The van der Waals surface area contributed by atoms with E-state index in [1.165, 1.54) is 0 Å². The van der Waals surface area contributed by atoms with Crippen molar-refractivity contribution in [3.8, 4) is 5.75 Å². The highest BCUT2D eigenvalue weighted by Crippen LogP contribution is 2.08. The third-order valence-electron chi connectivity index (χ3n) is 2.36. The Kier molecular flexibility index (Phi) is 6.94. The van der Waals surface area contributed by atoms with Gasteiger partial charge in [-0.25, -0.2) is 0 Å². The Labute approximate surface area is 131 Å². The molecule has 0 heterocycles. The molecule has 0 aliphatic carbocycles. The molecular weight excluding hydrogens is 286 g/mol. The van der Waals surface area contributed by atoms with Crippen LogP contribution >= 0.6 is 12.2 Å². The summed E-state index contributed by atoms with van der Waals surface area (Å²) in [5, 5.41) is 3.44. The second-order valence-corrected chi connectivity index (χ2v) is 6.05. The van der Waals surface area contributed by atoms with Gasteiger partial charge in [0.15, 0.2) is 5.11 Å². The standard InChI is InChI=1S/C15H23N3O2S/c1-15(2,3)16-14(21)18-17-13(19)10-7-11-20-12-8-5-4-6-9-12/h4-6,8-9H,7,10-11H2,1-3H3,(H,17,19)(H2,16,18,21). The number of thiocarbonyl (C=S) groups is 1. The van der Waals surface area contributed by atoms with E-state index in [0.29, 0.717) is 24.6 Å². The minimum atomic E-state index is -0.141. The van der Waals surface area contributed by atoms with Crippen LogP contribution in [0.3, 0.4) is 0 Å². The van der Waals surface area contributed by atoms with E-state index < -0.39 is 0 Å². The maximum atomic E-state index is 11.6. The molecule has 1 amide bonds. The van der Waals surface area contributed by atoms with E-state index in [1.54, 1.807) is 0 Å². The summed E-state index contributed by atoms with van der Waals surface area (Å²) in [6.45, 7) is 6.47. The third kappa shape index (κ3) is 8.86. The van der Waals surface area contributed by atoms with Crippen LogP contribution in [-0.4, -0.2) is 23.2 Å². The summed E-state index contributed by atoms with van der Waals surface area (Å²) in [6.07, 6.45) is 1.01. The van der Waals surface area contributed by atoms with E-state index in [1.807, 2.05) is 51.1 Å². The topological polar surface area (TPSA) is 62.4 Å². The molecule has 0 fully saturated rings. The average molecular weight is 309 g/mol. The van der Waals surface area contributed by atoms with E-state index in [4.69, 9.17) is 17.0 Å². The van der Waals surface area contributed by atoms with Gasteiger partial charge in [-0.3, -0.25) is 15.6 Å². The molecule has 0 saturated heterocycles. The van der Waals surface area contributed by atoms with Gasteiger partial charge in [-0.1, -0.05) is 18.2 Å².